The maximum Gasteiger partial charge on any atom is 0.511 e. The van der Waals surface area contributed by atoms with Gasteiger partial charge in [0.25, 0.3) is 0 Å². The van der Waals surface area contributed by atoms with Gasteiger partial charge in [-0.05, 0) is 79.1 Å². The van der Waals surface area contributed by atoms with Crippen molar-refractivity contribution in [1.29, 1.82) is 0 Å². The molecule has 0 saturated carbocycles. The van der Waals surface area contributed by atoms with Crippen molar-refractivity contribution in [2.24, 2.45) is 0 Å². The number of aryl methyl sites for hydroxylation is 5. The molecule has 5 heteroatoms. The van der Waals surface area contributed by atoms with Crippen LogP contribution in [0.2, 0.25) is 0 Å². The van der Waals surface area contributed by atoms with Crippen molar-refractivity contribution < 1.29 is 24.9 Å². The lowest BCUT2D eigenvalue weighted by atomic mass is 9.93. The average molecular weight is 421 g/mol. The highest BCUT2D eigenvalue weighted by Gasteiger charge is 2.15. The van der Waals surface area contributed by atoms with Crippen molar-refractivity contribution in [2.45, 2.75) is 47.5 Å². The van der Waals surface area contributed by atoms with Crippen LogP contribution in [-0.4, -0.2) is 21.5 Å². The Hall–Kier alpha value is -3.47. The lowest BCUT2D eigenvalue weighted by Crippen LogP contribution is -2.06. The molecule has 0 aliphatic carbocycles. The molecule has 0 saturated heterocycles. The van der Waals surface area contributed by atoms with Gasteiger partial charge in [0, 0.05) is 12.8 Å². The Morgan fingerprint density at radius 1 is 0.710 bits per heavy atom. The van der Waals surface area contributed by atoms with Crippen LogP contribution in [0.5, 0.6) is 17.2 Å². The number of hydrogen-bond acceptors (Lipinski definition) is 4. The van der Waals surface area contributed by atoms with Crippen molar-refractivity contribution in [2.75, 3.05) is 0 Å². The Labute approximate surface area is 182 Å². The van der Waals surface area contributed by atoms with E-state index in [4.69, 9.17) is 9.84 Å². The summed E-state index contributed by atoms with van der Waals surface area (Å²) in [4.78, 5) is 10.9. The van der Waals surface area contributed by atoms with Crippen LogP contribution in [0.1, 0.15) is 50.1 Å². The van der Waals surface area contributed by atoms with E-state index in [9.17, 15) is 15.0 Å². The van der Waals surface area contributed by atoms with Gasteiger partial charge in [-0.15, -0.1) is 0 Å². The summed E-state index contributed by atoms with van der Waals surface area (Å²) in [5.41, 5.74) is 7.80. The molecule has 3 aromatic carbocycles. The molecule has 3 aromatic rings. The molecule has 162 valence electrons. The minimum atomic E-state index is -1.33. The van der Waals surface area contributed by atoms with Crippen molar-refractivity contribution in [3.8, 4) is 17.2 Å². The molecule has 3 N–H and O–H groups in total. The number of hydrogen-bond donors (Lipinski definition) is 3. The Balaban J connectivity index is 1.94. The first-order chi connectivity index (χ1) is 14.5. The first kappa shape index (κ1) is 22.2. The highest BCUT2D eigenvalue weighted by atomic mass is 16.7. The Morgan fingerprint density at radius 2 is 1.13 bits per heavy atom. The number of phenols is 2. The van der Waals surface area contributed by atoms with E-state index < -0.39 is 6.16 Å². The van der Waals surface area contributed by atoms with Crippen LogP contribution in [0, 0.1) is 34.6 Å². The summed E-state index contributed by atoms with van der Waals surface area (Å²) in [5, 5.41) is 29.9. The van der Waals surface area contributed by atoms with Crippen LogP contribution < -0.4 is 4.74 Å². The predicted molar refractivity (Wildman–Crippen MR) is 121 cm³/mol. The molecular weight excluding hydrogens is 392 g/mol. The number of phenolic OH excluding ortho intramolecular Hbond substituents is 2. The van der Waals surface area contributed by atoms with E-state index in [-0.39, 0.29) is 5.75 Å². The van der Waals surface area contributed by atoms with Crippen LogP contribution >= 0.6 is 0 Å². The molecule has 0 amide bonds. The molecule has 0 unspecified atom stereocenters. The summed E-state index contributed by atoms with van der Waals surface area (Å²) >= 11 is 0. The quantitative estimate of drug-likeness (QED) is 0.354. The van der Waals surface area contributed by atoms with E-state index >= 15 is 0 Å². The molecule has 0 heterocycles. The smallest absolute Gasteiger partial charge is 0.507 e. The van der Waals surface area contributed by atoms with Gasteiger partial charge in [0.05, 0.1) is 0 Å². The van der Waals surface area contributed by atoms with Gasteiger partial charge >= 0.3 is 6.16 Å². The minimum Gasteiger partial charge on any atom is -0.507 e. The van der Waals surface area contributed by atoms with Crippen molar-refractivity contribution in [1.82, 2.24) is 0 Å². The second-order valence-corrected chi connectivity index (χ2v) is 8.29. The zero-order valence-electron chi connectivity index (χ0n) is 18.5. The summed E-state index contributed by atoms with van der Waals surface area (Å²) in [6, 6.07) is 11.6. The SMILES string of the molecule is Cc1cc(Cc2cc(C)c(O)c(C)c2)c(O)c(Cc2cc(C)c(OC(=O)O)c(C)c2)c1. The highest BCUT2D eigenvalue weighted by Crippen LogP contribution is 2.32. The van der Waals surface area contributed by atoms with Crippen LogP contribution in [0.15, 0.2) is 36.4 Å². The summed E-state index contributed by atoms with van der Waals surface area (Å²) < 4.78 is 4.89. The Kier molecular flexibility index (Phi) is 6.25. The molecule has 0 aliphatic rings. The molecular formula is C26H28O5. The minimum absolute atomic E-state index is 0.259. The molecule has 3 rings (SSSR count). The van der Waals surface area contributed by atoms with Gasteiger partial charge in [-0.25, -0.2) is 4.79 Å². The summed E-state index contributed by atoms with van der Waals surface area (Å²) in [7, 11) is 0. The normalized spacial score (nSPS) is 10.9. The predicted octanol–water partition coefficient (Wildman–Crippen LogP) is 5.88. The lowest BCUT2D eigenvalue weighted by molar-refractivity contribution is 0.144. The largest absolute Gasteiger partial charge is 0.511 e. The van der Waals surface area contributed by atoms with Crippen LogP contribution in [0.25, 0.3) is 0 Å². The highest BCUT2D eigenvalue weighted by molar-refractivity contribution is 5.63. The topological polar surface area (TPSA) is 87.0 Å². The van der Waals surface area contributed by atoms with E-state index in [1.165, 1.54) is 0 Å². The third kappa shape index (κ3) is 5.00. The summed E-state index contributed by atoms with van der Waals surface area (Å²) in [6.45, 7) is 9.36. The summed E-state index contributed by atoms with van der Waals surface area (Å²) in [6.07, 6.45) is -0.255. The van der Waals surface area contributed by atoms with E-state index in [1.54, 1.807) is 0 Å². The number of benzene rings is 3. The van der Waals surface area contributed by atoms with Gasteiger partial charge < -0.3 is 20.1 Å². The Morgan fingerprint density at radius 3 is 1.55 bits per heavy atom. The standard InChI is InChI=1S/C26H28O5/c1-14-6-21(12-19-8-15(2)23(27)16(3)9-19)24(28)22(7-14)13-20-10-17(4)25(18(5)11-20)31-26(29)30/h6-11,27-28H,12-13H2,1-5H3,(H,29,30). The molecule has 5 nitrogen and oxygen atoms in total. The second kappa shape index (κ2) is 8.72. The fraction of sp³-hybridized carbons (Fsp3) is 0.269. The van der Waals surface area contributed by atoms with Gasteiger partial charge in [0.15, 0.2) is 0 Å². The van der Waals surface area contributed by atoms with E-state index in [2.05, 4.69) is 0 Å². The molecule has 0 aromatic heterocycles. The first-order valence-electron chi connectivity index (χ1n) is 10.2. The molecule has 0 spiro atoms. The zero-order valence-corrected chi connectivity index (χ0v) is 18.5. The average Bonchev–Trinajstić information content (AvgIpc) is 2.66. The van der Waals surface area contributed by atoms with Crippen molar-refractivity contribution in [3.05, 3.63) is 86.5 Å². The lowest BCUT2D eigenvalue weighted by Gasteiger charge is -2.15. The molecule has 0 bridgehead atoms. The number of rotatable bonds is 5. The van der Waals surface area contributed by atoms with Gasteiger partial charge in [-0.1, -0.05) is 42.0 Å². The number of aromatic hydroxyl groups is 2. The fourth-order valence-electron chi connectivity index (χ4n) is 4.18. The maximum atomic E-state index is 11.0. The number of carboxylic acid groups (broad SMARTS) is 1. The molecule has 0 atom stereocenters. The number of ether oxygens (including phenoxy) is 1. The van der Waals surface area contributed by atoms with Gasteiger partial charge in [0.1, 0.15) is 17.2 Å². The van der Waals surface area contributed by atoms with Crippen LogP contribution in [-0.2, 0) is 12.8 Å². The zero-order chi connectivity index (χ0) is 22.9. The molecule has 0 aliphatic heterocycles. The van der Waals surface area contributed by atoms with Crippen molar-refractivity contribution >= 4 is 6.16 Å². The monoisotopic (exact) mass is 420 g/mol. The number of carbonyl (C=O) groups is 1. The van der Waals surface area contributed by atoms with Gasteiger partial charge in [0.2, 0.25) is 0 Å². The maximum absolute atomic E-state index is 11.0. The third-order valence-corrected chi connectivity index (χ3v) is 5.46. The first-order valence-corrected chi connectivity index (χ1v) is 10.2. The van der Waals surface area contributed by atoms with Gasteiger partial charge in [-0.2, -0.15) is 0 Å². The Bertz CT molecular complexity index is 1110. The molecule has 31 heavy (non-hydrogen) atoms. The molecule has 0 fully saturated rings. The van der Waals surface area contributed by atoms with Crippen LogP contribution in [0.4, 0.5) is 4.79 Å². The van der Waals surface area contributed by atoms with E-state index in [1.807, 2.05) is 71.0 Å². The third-order valence-electron chi connectivity index (χ3n) is 5.46. The van der Waals surface area contributed by atoms with Crippen LogP contribution in [0.3, 0.4) is 0 Å². The van der Waals surface area contributed by atoms with Gasteiger partial charge in [-0.3, -0.25) is 0 Å². The fourth-order valence-corrected chi connectivity index (χ4v) is 4.18. The van der Waals surface area contributed by atoms with Crippen molar-refractivity contribution in [3.63, 3.8) is 0 Å². The van der Waals surface area contributed by atoms with E-state index in [0.29, 0.717) is 24.3 Å². The van der Waals surface area contributed by atoms with E-state index in [0.717, 1.165) is 50.1 Å². The molecule has 0 radical (unpaired) electrons. The second-order valence-electron chi connectivity index (χ2n) is 8.29. The summed E-state index contributed by atoms with van der Waals surface area (Å²) in [5.74, 6) is 0.914.